The van der Waals surface area contributed by atoms with Crippen LogP contribution in [-0.2, 0) is 9.47 Å². The summed E-state index contributed by atoms with van der Waals surface area (Å²) in [5.41, 5.74) is 0. The van der Waals surface area contributed by atoms with Gasteiger partial charge in [-0.2, -0.15) is 8.78 Å². The highest BCUT2D eigenvalue weighted by Crippen LogP contribution is 2.32. The van der Waals surface area contributed by atoms with Gasteiger partial charge in [0.15, 0.2) is 6.10 Å². The van der Waals surface area contributed by atoms with Crippen LogP contribution >= 0.6 is 0 Å². The minimum absolute atomic E-state index is 0.0877. The van der Waals surface area contributed by atoms with E-state index >= 15 is 0 Å². The molecule has 2 nitrogen and oxygen atoms in total. The van der Waals surface area contributed by atoms with Gasteiger partial charge >= 0.3 is 6.11 Å². The van der Waals surface area contributed by atoms with Gasteiger partial charge in [-0.25, -0.2) is 0 Å². The number of ether oxygens (including phenoxy) is 2. The van der Waals surface area contributed by atoms with Crippen LogP contribution in [-0.4, -0.2) is 24.9 Å². The van der Waals surface area contributed by atoms with E-state index in [2.05, 4.69) is 4.74 Å². The van der Waals surface area contributed by atoms with E-state index in [-0.39, 0.29) is 19.1 Å². The van der Waals surface area contributed by atoms with Crippen molar-refractivity contribution in [3.05, 3.63) is 0 Å². The second kappa shape index (κ2) is 3.03. The first-order valence-electron chi connectivity index (χ1n) is 3.69. The Labute approximate surface area is 64.5 Å². The Morgan fingerprint density at radius 3 is 2.55 bits per heavy atom. The van der Waals surface area contributed by atoms with Crippen LogP contribution in [0.2, 0.25) is 0 Å². The average molecular weight is 166 g/mol. The lowest BCUT2D eigenvalue weighted by molar-refractivity contribution is -0.262. The number of hydrogen-bond donors (Lipinski definition) is 0. The standard InChI is InChI=1S/C7H12F2O2/c1-5(2)11-6-3-4-10-7(6,8)9/h5-6H,3-4H2,1-2H3/t6-/m0/s1. The Morgan fingerprint density at radius 1 is 1.55 bits per heavy atom. The lowest BCUT2D eigenvalue weighted by Gasteiger charge is -2.19. The summed E-state index contributed by atoms with van der Waals surface area (Å²) in [5.74, 6) is 0. The number of rotatable bonds is 2. The Kier molecular flexibility index (Phi) is 2.44. The van der Waals surface area contributed by atoms with Crippen LogP contribution in [0.25, 0.3) is 0 Å². The van der Waals surface area contributed by atoms with Crippen LogP contribution in [0.4, 0.5) is 8.78 Å². The van der Waals surface area contributed by atoms with Gasteiger partial charge in [-0.1, -0.05) is 0 Å². The summed E-state index contributed by atoms with van der Waals surface area (Å²) >= 11 is 0. The molecule has 0 aliphatic carbocycles. The Hall–Kier alpha value is -0.220. The van der Waals surface area contributed by atoms with Gasteiger partial charge in [-0.15, -0.1) is 0 Å². The van der Waals surface area contributed by atoms with Crippen molar-refractivity contribution in [1.82, 2.24) is 0 Å². The van der Waals surface area contributed by atoms with Gasteiger partial charge in [0.2, 0.25) is 0 Å². The zero-order valence-electron chi connectivity index (χ0n) is 6.64. The van der Waals surface area contributed by atoms with Gasteiger partial charge in [0.05, 0.1) is 12.7 Å². The molecule has 4 heteroatoms. The third-order valence-electron chi connectivity index (χ3n) is 1.49. The highest BCUT2D eigenvalue weighted by atomic mass is 19.3. The van der Waals surface area contributed by atoms with Crippen molar-refractivity contribution in [3.8, 4) is 0 Å². The molecule has 0 spiro atoms. The molecule has 0 N–H and O–H groups in total. The van der Waals surface area contributed by atoms with Crippen molar-refractivity contribution in [3.63, 3.8) is 0 Å². The maximum absolute atomic E-state index is 12.6. The Morgan fingerprint density at radius 2 is 2.18 bits per heavy atom. The summed E-state index contributed by atoms with van der Waals surface area (Å²) in [6, 6.07) is 0. The normalized spacial score (nSPS) is 29.7. The van der Waals surface area contributed by atoms with Crippen LogP contribution in [0.3, 0.4) is 0 Å². The molecule has 66 valence electrons. The maximum Gasteiger partial charge on any atom is 0.381 e. The van der Waals surface area contributed by atoms with E-state index in [1.165, 1.54) is 0 Å². The van der Waals surface area contributed by atoms with E-state index in [9.17, 15) is 8.78 Å². The molecule has 0 radical (unpaired) electrons. The van der Waals surface area contributed by atoms with Crippen LogP contribution in [0.15, 0.2) is 0 Å². The smallest absolute Gasteiger partial charge is 0.366 e. The molecule has 1 fully saturated rings. The molecule has 1 aliphatic heterocycles. The topological polar surface area (TPSA) is 18.5 Å². The number of alkyl halides is 2. The lowest BCUT2D eigenvalue weighted by Crippen LogP contribution is -2.33. The molecule has 0 saturated carbocycles. The van der Waals surface area contributed by atoms with Gasteiger partial charge in [-0.3, -0.25) is 0 Å². The monoisotopic (exact) mass is 166 g/mol. The molecule has 1 rings (SSSR count). The van der Waals surface area contributed by atoms with Crippen molar-refractivity contribution < 1.29 is 18.3 Å². The van der Waals surface area contributed by atoms with Gasteiger partial charge < -0.3 is 9.47 Å². The van der Waals surface area contributed by atoms with E-state index in [0.717, 1.165) is 0 Å². The van der Waals surface area contributed by atoms with E-state index in [1.807, 2.05) is 0 Å². The summed E-state index contributed by atoms with van der Waals surface area (Å²) in [6.07, 6.45) is -4.02. The molecular formula is C7H12F2O2. The highest BCUT2D eigenvalue weighted by Gasteiger charge is 2.47. The van der Waals surface area contributed by atoms with Crippen LogP contribution in [0, 0.1) is 0 Å². The molecule has 0 unspecified atom stereocenters. The summed E-state index contributed by atoms with van der Waals surface area (Å²) < 4.78 is 34.4. The van der Waals surface area contributed by atoms with Gasteiger partial charge in [-0.05, 0) is 13.8 Å². The Balaban J connectivity index is 2.45. The lowest BCUT2D eigenvalue weighted by atomic mass is 10.3. The summed E-state index contributed by atoms with van der Waals surface area (Å²) in [5, 5.41) is 0. The summed E-state index contributed by atoms with van der Waals surface area (Å²) in [6.45, 7) is 3.55. The van der Waals surface area contributed by atoms with Crippen molar-refractivity contribution >= 4 is 0 Å². The minimum atomic E-state index is -3.08. The van der Waals surface area contributed by atoms with Crippen molar-refractivity contribution in [2.45, 2.75) is 38.6 Å². The predicted molar refractivity (Wildman–Crippen MR) is 35.5 cm³/mol. The van der Waals surface area contributed by atoms with E-state index in [4.69, 9.17) is 4.74 Å². The molecule has 11 heavy (non-hydrogen) atoms. The fourth-order valence-electron chi connectivity index (χ4n) is 1.04. The maximum atomic E-state index is 12.6. The third kappa shape index (κ3) is 2.10. The molecule has 1 heterocycles. The first kappa shape index (κ1) is 8.87. The molecule has 0 aromatic rings. The van der Waals surface area contributed by atoms with Crippen LogP contribution in [0.5, 0.6) is 0 Å². The largest absolute Gasteiger partial charge is 0.381 e. The van der Waals surface area contributed by atoms with Crippen LogP contribution < -0.4 is 0 Å². The van der Waals surface area contributed by atoms with Gasteiger partial charge in [0.25, 0.3) is 0 Å². The van der Waals surface area contributed by atoms with E-state index in [0.29, 0.717) is 0 Å². The molecule has 0 aromatic carbocycles. The van der Waals surface area contributed by atoms with Gasteiger partial charge in [0.1, 0.15) is 0 Å². The molecular weight excluding hydrogens is 154 g/mol. The molecule has 1 aliphatic rings. The van der Waals surface area contributed by atoms with Crippen LogP contribution in [0.1, 0.15) is 20.3 Å². The second-order valence-electron chi connectivity index (χ2n) is 2.87. The third-order valence-corrected chi connectivity index (χ3v) is 1.49. The zero-order chi connectivity index (χ0) is 8.48. The summed E-state index contributed by atoms with van der Waals surface area (Å²) in [4.78, 5) is 0. The first-order valence-corrected chi connectivity index (χ1v) is 3.69. The van der Waals surface area contributed by atoms with Crippen molar-refractivity contribution in [2.75, 3.05) is 6.61 Å². The number of halogens is 2. The Bertz CT molecular complexity index is 136. The second-order valence-corrected chi connectivity index (χ2v) is 2.87. The molecule has 0 bridgehead atoms. The number of hydrogen-bond acceptors (Lipinski definition) is 2. The first-order chi connectivity index (χ1) is 5.02. The fourth-order valence-corrected chi connectivity index (χ4v) is 1.04. The zero-order valence-corrected chi connectivity index (χ0v) is 6.64. The predicted octanol–water partition coefficient (Wildman–Crippen LogP) is 1.79. The highest BCUT2D eigenvalue weighted by molar-refractivity contribution is 4.75. The van der Waals surface area contributed by atoms with E-state index in [1.54, 1.807) is 13.8 Å². The molecule has 1 saturated heterocycles. The molecule has 1 atom stereocenters. The van der Waals surface area contributed by atoms with Crippen molar-refractivity contribution in [2.24, 2.45) is 0 Å². The summed E-state index contributed by atoms with van der Waals surface area (Å²) in [7, 11) is 0. The fraction of sp³-hybridized carbons (Fsp3) is 1.00. The molecule has 0 amide bonds. The molecule has 0 aromatic heterocycles. The van der Waals surface area contributed by atoms with Gasteiger partial charge in [0, 0.05) is 6.42 Å². The minimum Gasteiger partial charge on any atom is -0.366 e. The SMILES string of the molecule is CC(C)O[C@H]1CCOC1(F)F. The quantitative estimate of drug-likeness (QED) is 0.622. The van der Waals surface area contributed by atoms with E-state index < -0.39 is 12.2 Å². The van der Waals surface area contributed by atoms with Crippen molar-refractivity contribution in [1.29, 1.82) is 0 Å². The average Bonchev–Trinajstić information content (AvgIpc) is 2.10.